The summed E-state index contributed by atoms with van der Waals surface area (Å²) in [6, 6.07) is 0. The van der Waals surface area contributed by atoms with E-state index in [0.29, 0.717) is 6.42 Å². The van der Waals surface area contributed by atoms with Crippen molar-refractivity contribution in [3.8, 4) is 0 Å². The van der Waals surface area contributed by atoms with E-state index < -0.39 is 18.7 Å². The fourth-order valence-electron chi connectivity index (χ4n) is 0.490. The van der Waals surface area contributed by atoms with Crippen molar-refractivity contribution < 1.29 is 23.9 Å². The summed E-state index contributed by atoms with van der Waals surface area (Å²) in [5.41, 5.74) is 0. The lowest BCUT2D eigenvalue weighted by Gasteiger charge is -2.23. The molecular weight excluding hydrogens is 195 g/mol. The molecule has 13 heavy (non-hydrogen) atoms. The summed E-state index contributed by atoms with van der Waals surface area (Å²) >= 11 is 0. The molecule has 0 rings (SSSR count). The molecule has 0 aliphatic rings. The average Bonchev–Trinajstić information content (AvgIpc) is 1.97. The van der Waals surface area contributed by atoms with Crippen LogP contribution in [0.15, 0.2) is 0 Å². The zero-order valence-electron chi connectivity index (χ0n) is 7.98. The highest BCUT2D eigenvalue weighted by molar-refractivity contribution is 7.54. The SMILES string of the molecule is CCCOC(=O)C(C)(C)P(=O)(O)O. The highest BCUT2D eigenvalue weighted by Crippen LogP contribution is 2.50. The molecule has 0 fully saturated rings. The van der Waals surface area contributed by atoms with Crippen LogP contribution in [0.3, 0.4) is 0 Å². The minimum absolute atomic E-state index is 0.183. The quantitative estimate of drug-likeness (QED) is 0.532. The van der Waals surface area contributed by atoms with Crippen molar-refractivity contribution in [2.45, 2.75) is 32.3 Å². The maximum atomic E-state index is 11.2. The van der Waals surface area contributed by atoms with Gasteiger partial charge in [-0.15, -0.1) is 0 Å². The molecule has 0 bridgehead atoms. The molecule has 5 nitrogen and oxygen atoms in total. The largest absolute Gasteiger partial charge is 0.465 e. The lowest BCUT2D eigenvalue weighted by molar-refractivity contribution is -0.146. The van der Waals surface area contributed by atoms with E-state index in [9.17, 15) is 9.36 Å². The molecule has 0 spiro atoms. The minimum Gasteiger partial charge on any atom is -0.465 e. The fraction of sp³-hybridized carbons (Fsp3) is 0.857. The summed E-state index contributed by atoms with van der Waals surface area (Å²) in [5, 5.41) is -1.75. The van der Waals surface area contributed by atoms with Gasteiger partial charge in [0.1, 0.15) is 0 Å². The summed E-state index contributed by atoms with van der Waals surface area (Å²) in [5.74, 6) is -0.859. The topological polar surface area (TPSA) is 83.8 Å². The Morgan fingerprint density at radius 2 is 1.92 bits per heavy atom. The van der Waals surface area contributed by atoms with Gasteiger partial charge in [-0.2, -0.15) is 0 Å². The molecule has 0 amide bonds. The third-order valence-electron chi connectivity index (χ3n) is 1.67. The number of esters is 1. The Bertz CT molecular complexity index is 229. The van der Waals surface area contributed by atoms with Crippen molar-refractivity contribution in [3.05, 3.63) is 0 Å². The molecule has 6 heteroatoms. The number of carbonyl (C=O) groups is 1. The second-order valence-electron chi connectivity index (χ2n) is 3.24. The van der Waals surface area contributed by atoms with Gasteiger partial charge in [-0.05, 0) is 20.3 Å². The Morgan fingerprint density at radius 1 is 1.46 bits per heavy atom. The van der Waals surface area contributed by atoms with Crippen molar-refractivity contribution in [2.75, 3.05) is 6.61 Å². The molecule has 0 unspecified atom stereocenters. The molecule has 0 aromatic carbocycles. The standard InChI is InChI=1S/C7H15O5P/c1-4-5-12-6(8)7(2,3)13(9,10)11/h4-5H2,1-3H3,(H2,9,10,11). The molecular formula is C7H15O5P. The van der Waals surface area contributed by atoms with Crippen LogP contribution < -0.4 is 0 Å². The van der Waals surface area contributed by atoms with Gasteiger partial charge in [0.2, 0.25) is 0 Å². The van der Waals surface area contributed by atoms with Gasteiger partial charge in [0, 0.05) is 0 Å². The molecule has 0 aliphatic carbocycles. The minimum atomic E-state index is -4.44. The molecule has 0 saturated heterocycles. The molecule has 0 radical (unpaired) electrons. The van der Waals surface area contributed by atoms with Gasteiger partial charge in [0.25, 0.3) is 0 Å². The van der Waals surface area contributed by atoms with Gasteiger partial charge in [-0.1, -0.05) is 6.92 Å². The van der Waals surface area contributed by atoms with Crippen LogP contribution in [0.4, 0.5) is 0 Å². The Kier molecular flexibility index (Phi) is 4.10. The van der Waals surface area contributed by atoms with Crippen molar-refractivity contribution in [3.63, 3.8) is 0 Å². The van der Waals surface area contributed by atoms with Crippen molar-refractivity contribution in [2.24, 2.45) is 0 Å². The highest BCUT2D eigenvalue weighted by Gasteiger charge is 2.46. The summed E-state index contributed by atoms with van der Waals surface area (Å²) in [6.45, 7) is 4.33. The van der Waals surface area contributed by atoms with Crippen LogP contribution in [0.2, 0.25) is 0 Å². The van der Waals surface area contributed by atoms with E-state index in [0.717, 1.165) is 0 Å². The van der Waals surface area contributed by atoms with Gasteiger partial charge in [0.05, 0.1) is 6.61 Å². The summed E-state index contributed by atoms with van der Waals surface area (Å²) < 4.78 is 15.5. The molecule has 78 valence electrons. The third-order valence-corrected chi connectivity index (χ3v) is 3.30. The number of hydrogen-bond donors (Lipinski definition) is 2. The van der Waals surface area contributed by atoms with Gasteiger partial charge >= 0.3 is 13.6 Å². The molecule has 0 atom stereocenters. The maximum Gasteiger partial charge on any atom is 0.342 e. The lowest BCUT2D eigenvalue weighted by atomic mass is 10.2. The smallest absolute Gasteiger partial charge is 0.342 e. The normalized spacial score (nSPS) is 12.7. The predicted octanol–water partition coefficient (Wildman–Crippen LogP) is 0.896. The molecule has 0 heterocycles. The Labute approximate surface area is 77.3 Å². The number of hydrogen-bond acceptors (Lipinski definition) is 3. The van der Waals surface area contributed by atoms with Gasteiger partial charge in [0.15, 0.2) is 5.16 Å². The average molecular weight is 210 g/mol. The van der Waals surface area contributed by atoms with Gasteiger partial charge in [-0.3, -0.25) is 9.36 Å². The Morgan fingerprint density at radius 3 is 2.23 bits per heavy atom. The summed E-state index contributed by atoms with van der Waals surface area (Å²) in [7, 11) is -4.44. The van der Waals surface area contributed by atoms with E-state index in [2.05, 4.69) is 4.74 Å². The first-order chi connectivity index (χ1) is 5.73. The van der Waals surface area contributed by atoms with E-state index in [1.54, 1.807) is 6.92 Å². The molecule has 0 saturated carbocycles. The van der Waals surface area contributed by atoms with Crippen LogP contribution in [0.5, 0.6) is 0 Å². The van der Waals surface area contributed by atoms with Crippen molar-refractivity contribution >= 4 is 13.6 Å². The van der Waals surface area contributed by atoms with Crippen molar-refractivity contribution in [1.29, 1.82) is 0 Å². The molecule has 0 aliphatic heterocycles. The lowest BCUT2D eigenvalue weighted by Crippen LogP contribution is -2.33. The van der Waals surface area contributed by atoms with E-state index >= 15 is 0 Å². The van der Waals surface area contributed by atoms with Crippen molar-refractivity contribution in [1.82, 2.24) is 0 Å². The van der Waals surface area contributed by atoms with Crippen LogP contribution in [-0.2, 0) is 14.1 Å². The Hall–Kier alpha value is -0.380. The number of carbonyl (C=O) groups excluding carboxylic acids is 1. The highest BCUT2D eigenvalue weighted by atomic mass is 31.2. The first kappa shape index (κ1) is 12.6. The number of rotatable bonds is 4. The zero-order chi connectivity index (χ0) is 10.7. The first-order valence-corrected chi connectivity index (χ1v) is 5.57. The van der Waals surface area contributed by atoms with Gasteiger partial charge < -0.3 is 14.5 Å². The van der Waals surface area contributed by atoms with E-state index in [-0.39, 0.29) is 6.61 Å². The fourth-order valence-corrected chi connectivity index (χ4v) is 0.793. The second-order valence-corrected chi connectivity index (χ2v) is 5.45. The van der Waals surface area contributed by atoms with E-state index in [1.165, 1.54) is 13.8 Å². The van der Waals surface area contributed by atoms with Crippen LogP contribution in [0.1, 0.15) is 27.2 Å². The predicted molar refractivity (Wildman–Crippen MR) is 47.4 cm³/mol. The monoisotopic (exact) mass is 210 g/mol. The van der Waals surface area contributed by atoms with Crippen LogP contribution in [0.25, 0.3) is 0 Å². The van der Waals surface area contributed by atoms with Crippen LogP contribution in [0, 0.1) is 0 Å². The molecule has 2 N–H and O–H groups in total. The zero-order valence-corrected chi connectivity index (χ0v) is 8.88. The molecule has 0 aromatic rings. The maximum absolute atomic E-state index is 11.2. The van der Waals surface area contributed by atoms with E-state index in [4.69, 9.17) is 9.79 Å². The Balaban J connectivity index is 4.47. The molecule has 0 aromatic heterocycles. The first-order valence-electron chi connectivity index (χ1n) is 3.96. The summed E-state index contributed by atoms with van der Waals surface area (Å²) in [4.78, 5) is 28.8. The van der Waals surface area contributed by atoms with Crippen LogP contribution in [-0.4, -0.2) is 27.5 Å². The second kappa shape index (κ2) is 4.22. The van der Waals surface area contributed by atoms with Gasteiger partial charge in [-0.25, -0.2) is 0 Å². The van der Waals surface area contributed by atoms with Crippen LogP contribution >= 0.6 is 7.60 Å². The third kappa shape index (κ3) is 3.10. The van der Waals surface area contributed by atoms with E-state index in [1.807, 2.05) is 0 Å². The number of ether oxygens (including phenoxy) is 1. The summed E-state index contributed by atoms with van der Waals surface area (Å²) in [6.07, 6.45) is 0.628.